The van der Waals surface area contributed by atoms with E-state index in [1.165, 1.54) is 16.6 Å². The molecule has 5 rings (SSSR count). The number of nitrogens with one attached hydrogen (secondary N) is 1. The summed E-state index contributed by atoms with van der Waals surface area (Å²) in [5, 5.41) is 4.59. The zero-order valence-electron chi connectivity index (χ0n) is 27.1. The Morgan fingerprint density at radius 3 is 2.40 bits per heavy atom. The molecule has 0 spiro atoms. The van der Waals surface area contributed by atoms with Crippen LogP contribution in [0.5, 0.6) is 5.88 Å². The highest BCUT2D eigenvalue weighted by atomic mass is 35.5. The lowest BCUT2D eigenvalue weighted by Gasteiger charge is -2.34. The van der Waals surface area contributed by atoms with E-state index in [1.54, 1.807) is 10.9 Å². The maximum atomic E-state index is 13.8. The van der Waals surface area contributed by atoms with Crippen LogP contribution >= 0.6 is 37.2 Å². The number of hydrogen-bond donors (Lipinski definition) is 1. The number of ether oxygens (including phenoxy) is 1. The van der Waals surface area contributed by atoms with Gasteiger partial charge in [-0.15, -0.1) is 37.2 Å². The number of sulfonamides is 1. The van der Waals surface area contributed by atoms with Crippen LogP contribution in [0.4, 0.5) is 0 Å². The normalized spacial score (nSPS) is 14.0. The monoisotopic (exact) mass is 731 g/mol. The number of aryl methyl sites for hydroxylation is 1. The molecule has 0 aliphatic carbocycles. The van der Waals surface area contributed by atoms with Crippen molar-refractivity contribution < 1.29 is 13.2 Å². The Bertz CT molecular complexity index is 1750. The Labute approximate surface area is 294 Å². The van der Waals surface area contributed by atoms with E-state index in [9.17, 15) is 13.2 Å². The van der Waals surface area contributed by atoms with Gasteiger partial charge in [0, 0.05) is 32.4 Å². The van der Waals surface area contributed by atoms with E-state index in [2.05, 4.69) is 29.9 Å². The highest BCUT2D eigenvalue weighted by molar-refractivity contribution is 7.89. The predicted molar refractivity (Wildman–Crippen MR) is 190 cm³/mol. The molecule has 1 saturated heterocycles. The Kier molecular flexibility index (Phi) is 15.5. The lowest BCUT2D eigenvalue weighted by atomic mass is 10.2. The summed E-state index contributed by atoms with van der Waals surface area (Å²) in [6.07, 6.45) is 5.53. The minimum atomic E-state index is -3.84. The minimum absolute atomic E-state index is 0. The van der Waals surface area contributed by atoms with Crippen molar-refractivity contribution in [2.45, 2.75) is 44.6 Å². The molecule has 1 aliphatic rings. The molecule has 0 unspecified atom stereocenters. The number of fused-ring (bicyclic) bond motifs is 1. The number of aromatic amines is 1. The first-order valence-electron chi connectivity index (χ1n) is 15.1. The molecule has 4 aromatic heterocycles. The second kappa shape index (κ2) is 18.1. The molecule has 4 aromatic rings. The molecule has 47 heavy (non-hydrogen) atoms. The fraction of sp³-hybridized carbons (Fsp3) is 0.500. The summed E-state index contributed by atoms with van der Waals surface area (Å²) in [6, 6.07) is 7.16. The summed E-state index contributed by atoms with van der Waals surface area (Å²) in [4.78, 5) is 34.2. The maximum absolute atomic E-state index is 13.8. The van der Waals surface area contributed by atoms with Crippen molar-refractivity contribution in [1.82, 2.24) is 43.8 Å². The van der Waals surface area contributed by atoms with Crippen LogP contribution in [0.2, 0.25) is 0 Å². The second-order valence-corrected chi connectivity index (χ2v) is 13.1. The van der Waals surface area contributed by atoms with Crippen molar-refractivity contribution >= 4 is 58.3 Å². The third-order valence-electron chi connectivity index (χ3n) is 7.64. The van der Waals surface area contributed by atoms with Crippen LogP contribution in [0, 0.1) is 0 Å². The van der Waals surface area contributed by atoms with Gasteiger partial charge in [0.25, 0.3) is 5.56 Å². The smallest absolute Gasteiger partial charge is 0.279 e. The van der Waals surface area contributed by atoms with Crippen molar-refractivity contribution in [3.05, 3.63) is 58.4 Å². The van der Waals surface area contributed by atoms with Gasteiger partial charge in [0.05, 0.1) is 36.3 Å². The Morgan fingerprint density at radius 2 is 1.77 bits per heavy atom. The summed E-state index contributed by atoms with van der Waals surface area (Å²) in [7, 11) is 0.254. The van der Waals surface area contributed by atoms with Crippen molar-refractivity contribution in [3.8, 4) is 17.3 Å². The van der Waals surface area contributed by atoms with Gasteiger partial charge in [-0.2, -0.15) is 9.40 Å². The first kappa shape index (κ1) is 40.3. The van der Waals surface area contributed by atoms with Gasteiger partial charge in [0.1, 0.15) is 16.2 Å². The lowest BCUT2D eigenvalue weighted by molar-refractivity contribution is 0.181. The minimum Gasteiger partial charge on any atom is -0.477 e. The van der Waals surface area contributed by atoms with Gasteiger partial charge in [-0.25, -0.2) is 18.4 Å². The highest BCUT2D eigenvalue weighted by Crippen LogP contribution is 2.30. The van der Waals surface area contributed by atoms with Gasteiger partial charge >= 0.3 is 0 Å². The molecule has 260 valence electrons. The summed E-state index contributed by atoms with van der Waals surface area (Å²) in [6.45, 7) is 8.60. The fourth-order valence-corrected chi connectivity index (χ4v) is 6.80. The molecule has 0 aromatic carbocycles. The molecule has 0 saturated carbocycles. The molecule has 17 heteroatoms. The van der Waals surface area contributed by atoms with Crippen molar-refractivity contribution in [3.63, 3.8) is 0 Å². The molecule has 0 bridgehead atoms. The summed E-state index contributed by atoms with van der Waals surface area (Å²) in [5.74, 6) is 0.369. The molecule has 1 fully saturated rings. The predicted octanol–water partition coefficient (Wildman–Crippen LogP) is 3.50. The molecule has 5 heterocycles. The number of pyridine rings is 2. The number of H-pyrrole nitrogens is 1. The van der Waals surface area contributed by atoms with Crippen LogP contribution in [0.25, 0.3) is 22.4 Å². The molecule has 0 atom stereocenters. The van der Waals surface area contributed by atoms with Crippen molar-refractivity contribution in [2.24, 2.45) is 0 Å². The van der Waals surface area contributed by atoms with Crippen LogP contribution in [0.15, 0.2) is 46.3 Å². The van der Waals surface area contributed by atoms with Crippen LogP contribution in [-0.4, -0.2) is 112 Å². The SMILES string of the molecule is CCCc1c2nc(-c3cc(S(=O)(=O)N4CCN(CCCN(C)C)CC4)cnc3OCC)[nH]c(=O)c2nn1Cc1ccccn1.Cl.Cl.Cl. The van der Waals surface area contributed by atoms with Gasteiger partial charge in [0.2, 0.25) is 15.9 Å². The lowest BCUT2D eigenvalue weighted by Crippen LogP contribution is -2.49. The van der Waals surface area contributed by atoms with Gasteiger partial charge in [-0.1, -0.05) is 19.4 Å². The second-order valence-electron chi connectivity index (χ2n) is 11.1. The third-order valence-corrected chi connectivity index (χ3v) is 9.50. The molecular weight excluding hydrogens is 689 g/mol. The fourth-order valence-electron chi connectivity index (χ4n) is 5.40. The largest absolute Gasteiger partial charge is 0.477 e. The molecule has 0 radical (unpaired) electrons. The summed E-state index contributed by atoms with van der Waals surface area (Å²) in [5.41, 5.74) is 2.16. The molecule has 13 nitrogen and oxygen atoms in total. The number of nitrogens with zero attached hydrogens (tertiary/aromatic N) is 8. The molecular formula is C30H44Cl3N9O4S. The molecule has 1 N–H and O–H groups in total. The summed E-state index contributed by atoms with van der Waals surface area (Å²) < 4.78 is 36.5. The number of hydrogen-bond acceptors (Lipinski definition) is 10. The van der Waals surface area contributed by atoms with E-state index in [1.807, 2.05) is 46.1 Å². The number of piperazine rings is 1. The topological polar surface area (TPSA) is 142 Å². The van der Waals surface area contributed by atoms with Gasteiger partial charge in [0.15, 0.2) is 5.52 Å². The Balaban J connectivity index is 0.00000256. The maximum Gasteiger partial charge on any atom is 0.279 e. The van der Waals surface area contributed by atoms with Crippen LogP contribution in [-0.2, 0) is 23.0 Å². The van der Waals surface area contributed by atoms with Gasteiger partial charge in [-0.05, 0) is 65.1 Å². The van der Waals surface area contributed by atoms with E-state index >= 15 is 0 Å². The average Bonchev–Trinajstić information content (AvgIpc) is 3.35. The van der Waals surface area contributed by atoms with E-state index in [4.69, 9.17) is 9.72 Å². The zero-order valence-corrected chi connectivity index (χ0v) is 30.4. The zero-order chi connectivity index (χ0) is 31.3. The number of rotatable bonds is 13. The third kappa shape index (κ3) is 9.40. The Hall–Kier alpha value is -2.85. The van der Waals surface area contributed by atoms with Crippen LogP contribution in [0.3, 0.4) is 0 Å². The van der Waals surface area contributed by atoms with Crippen molar-refractivity contribution in [1.29, 1.82) is 0 Å². The average molecular weight is 733 g/mol. The first-order valence-corrected chi connectivity index (χ1v) is 16.5. The van der Waals surface area contributed by atoms with E-state index in [0.717, 1.165) is 37.3 Å². The first-order chi connectivity index (χ1) is 21.2. The van der Waals surface area contributed by atoms with E-state index < -0.39 is 15.6 Å². The standard InChI is InChI=1S/C30H41N9O4S.3ClH/c1-5-10-25-26-27(35-39(25)21-22-11-7-8-12-31-22)29(40)34-28(33-26)24-19-23(20-32-30(24)43-6-2)44(41,42)38-17-15-37(16-18-38)14-9-13-36(3)4;;;/h7-8,11-12,19-20H,5-6,9-10,13-18,21H2,1-4H3,(H,33,34,40);3*1H. The van der Waals surface area contributed by atoms with Crippen LogP contribution in [0.1, 0.15) is 38.1 Å². The van der Waals surface area contributed by atoms with Crippen molar-refractivity contribution in [2.75, 3.05) is 60.0 Å². The van der Waals surface area contributed by atoms with E-state index in [0.29, 0.717) is 56.8 Å². The number of halogens is 3. The summed E-state index contributed by atoms with van der Waals surface area (Å²) >= 11 is 0. The number of aromatic nitrogens is 6. The Morgan fingerprint density at radius 1 is 1.02 bits per heavy atom. The van der Waals surface area contributed by atoms with Crippen LogP contribution < -0.4 is 10.3 Å². The van der Waals surface area contributed by atoms with Gasteiger partial charge < -0.3 is 19.5 Å². The molecule has 1 aliphatic heterocycles. The quantitative estimate of drug-likeness (QED) is 0.217. The van der Waals surface area contributed by atoms with E-state index in [-0.39, 0.29) is 59.3 Å². The van der Waals surface area contributed by atoms with Gasteiger partial charge in [-0.3, -0.25) is 14.5 Å². The highest BCUT2D eigenvalue weighted by Gasteiger charge is 2.30. The molecule has 0 amide bonds.